The number of anilines is 1. The van der Waals surface area contributed by atoms with Gasteiger partial charge in [-0.2, -0.15) is 0 Å². The first-order valence-electron chi connectivity index (χ1n) is 5.68. The van der Waals surface area contributed by atoms with Gasteiger partial charge in [-0.15, -0.1) is 0 Å². The second-order valence-electron chi connectivity index (χ2n) is 4.27. The molecule has 0 aliphatic carbocycles. The van der Waals surface area contributed by atoms with Crippen LogP contribution in [0.4, 0.5) is 10.1 Å². The fourth-order valence-corrected chi connectivity index (χ4v) is 1.94. The summed E-state index contributed by atoms with van der Waals surface area (Å²) in [5.74, 6) is -0.189. The molecule has 1 nitrogen and oxygen atoms in total. The van der Waals surface area contributed by atoms with Crippen LogP contribution in [0.25, 0.3) is 0 Å². The number of halogens is 1. The van der Waals surface area contributed by atoms with Crippen molar-refractivity contribution < 1.29 is 4.39 Å². The lowest BCUT2D eigenvalue weighted by Crippen LogP contribution is -2.17. The molecule has 0 N–H and O–H groups in total. The third-order valence-electron chi connectivity index (χ3n) is 2.84. The predicted molar refractivity (Wildman–Crippen MR) is 69.7 cm³/mol. The maximum absolute atomic E-state index is 13.2. The van der Waals surface area contributed by atoms with Crippen molar-refractivity contribution in [3.05, 3.63) is 65.5 Å². The van der Waals surface area contributed by atoms with Gasteiger partial charge >= 0.3 is 0 Å². The van der Waals surface area contributed by atoms with Gasteiger partial charge in [-0.05, 0) is 30.2 Å². The summed E-state index contributed by atoms with van der Waals surface area (Å²) in [4.78, 5) is 2.06. The Morgan fingerprint density at radius 3 is 2.47 bits per heavy atom. The van der Waals surface area contributed by atoms with Crippen LogP contribution in [-0.2, 0) is 6.54 Å². The standard InChI is InChI=1S/C15H16FN/c1-12-8-9-14(16)10-15(12)17(2)11-13-6-4-3-5-7-13/h3-10H,11H2,1-2H3. The van der Waals surface area contributed by atoms with E-state index in [0.717, 1.165) is 17.8 Å². The average Bonchev–Trinajstić information content (AvgIpc) is 2.33. The van der Waals surface area contributed by atoms with Crippen LogP contribution in [0.1, 0.15) is 11.1 Å². The Morgan fingerprint density at radius 1 is 1.06 bits per heavy atom. The van der Waals surface area contributed by atoms with Gasteiger partial charge in [0.05, 0.1) is 0 Å². The highest BCUT2D eigenvalue weighted by Crippen LogP contribution is 2.21. The predicted octanol–water partition coefficient (Wildman–Crippen LogP) is 3.77. The normalized spacial score (nSPS) is 10.3. The molecular formula is C15H16FN. The number of nitrogens with zero attached hydrogens (tertiary/aromatic N) is 1. The largest absolute Gasteiger partial charge is 0.370 e. The van der Waals surface area contributed by atoms with E-state index in [4.69, 9.17) is 0 Å². The molecule has 0 amide bonds. The van der Waals surface area contributed by atoms with Crippen molar-refractivity contribution in [2.24, 2.45) is 0 Å². The molecule has 0 saturated heterocycles. The van der Waals surface area contributed by atoms with E-state index in [-0.39, 0.29) is 5.82 Å². The van der Waals surface area contributed by atoms with E-state index < -0.39 is 0 Å². The second-order valence-corrected chi connectivity index (χ2v) is 4.27. The van der Waals surface area contributed by atoms with Crippen molar-refractivity contribution >= 4 is 5.69 Å². The first-order chi connectivity index (χ1) is 8.16. The zero-order valence-electron chi connectivity index (χ0n) is 10.2. The summed E-state index contributed by atoms with van der Waals surface area (Å²) < 4.78 is 13.2. The Bertz CT molecular complexity index is 494. The topological polar surface area (TPSA) is 3.24 Å². The summed E-state index contributed by atoms with van der Waals surface area (Å²) in [6.45, 7) is 2.78. The van der Waals surface area contributed by atoms with Gasteiger partial charge in [-0.25, -0.2) is 4.39 Å². The number of rotatable bonds is 3. The Morgan fingerprint density at radius 2 is 1.76 bits per heavy atom. The zero-order valence-corrected chi connectivity index (χ0v) is 10.2. The average molecular weight is 229 g/mol. The van der Waals surface area contributed by atoms with Crippen molar-refractivity contribution in [3.63, 3.8) is 0 Å². The maximum Gasteiger partial charge on any atom is 0.125 e. The van der Waals surface area contributed by atoms with Crippen LogP contribution in [0.5, 0.6) is 0 Å². The third kappa shape index (κ3) is 2.84. The molecule has 2 aromatic carbocycles. The summed E-state index contributed by atoms with van der Waals surface area (Å²) >= 11 is 0. The van der Waals surface area contributed by atoms with E-state index >= 15 is 0 Å². The van der Waals surface area contributed by atoms with Crippen LogP contribution < -0.4 is 4.90 Å². The second kappa shape index (κ2) is 5.00. The van der Waals surface area contributed by atoms with Crippen molar-refractivity contribution in [2.75, 3.05) is 11.9 Å². The van der Waals surface area contributed by atoms with E-state index in [2.05, 4.69) is 17.0 Å². The molecule has 0 saturated carbocycles. The van der Waals surface area contributed by atoms with Gasteiger partial charge < -0.3 is 4.90 Å². The maximum atomic E-state index is 13.2. The molecule has 0 fully saturated rings. The van der Waals surface area contributed by atoms with Gasteiger partial charge in [0.15, 0.2) is 0 Å². The molecule has 88 valence electrons. The van der Waals surface area contributed by atoms with Gasteiger partial charge in [0.2, 0.25) is 0 Å². The molecule has 2 rings (SSSR count). The van der Waals surface area contributed by atoms with E-state index in [1.54, 1.807) is 6.07 Å². The van der Waals surface area contributed by atoms with Crippen molar-refractivity contribution in [1.29, 1.82) is 0 Å². The lowest BCUT2D eigenvalue weighted by molar-refractivity contribution is 0.626. The van der Waals surface area contributed by atoms with Crippen molar-refractivity contribution in [1.82, 2.24) is 0 Å². The van der Waals surface area contributed by atoms with E-state index in [9.17, 15) is 4.39 Å². The summed E-state index contributed by atoms with van der Waals surface area (Å²) in [7, 11) is 1.98. The van der Waals surface area contributed by atoms with Crippen LogP contribution in [0.3, 0.4) is 0 Å². The monoisotopic (exact) mass is 229 g/mol. The molecule has 0 spiro atoms. The fourth-order valence-electron chi connectivity index (χ4n) is 1.94. The lowest BCUT2D eigenvalue weighted by atomic mass is 10.1. The first kappa shape index (κ1) is 11.6. The molecule has 0 radical (unpaired) electrons. The minimum absolute atomic E-state index is 0.189. The summed E-state index contributed by atoms with van der Waals surface area (Å²) in [5, 5.41) is 0. The molecule has 0 atom stereocenters. The molecule has 2 aromatic rings. The Balaban J connectivity index is 2.20. The first-order valence-corrected chi connectivity index (χ1v) is 5.68. The number of benzene rings is 2. The third-order valence-corrected chi connectivity index (χ3v) is 2.84. The molecule has 0 unspecified atom stereocenters. The number of hydrogen-bond donors (Lipinski definition) is 0. The fraction of sp³-hybridized carbons (Fsp3) is 0.200. The van der Waals surface area contributed by atoms with Gasteiger partial charge in [-0.1, -0.05) is 36.4 Å². The molecule has 0 bridgehead atoms. The number of hydrogen-bond acceptors (Lipinski definition) is 1. The number of aryl methyl sites for hydroxylation is 1. The minimum Gasteiger partial charge on any atom is -0.370 e. The highest BCUT2D eigenvalue weighted by Gasteiger charge is 2.06. The molecule has 0 aliphatic rings. The quantitative estimate of drug-likeness (QED) is 0.774. The molecule has 17 heavy (non-hydrogen) atoms. The van der Waals surface area contributed by atoms with Crippen LogP contribution in [0.15, 0.2) is 48.5 Å². The highest BCUT2D eigenvalue weighted by atomic mass is 19.1. The van der Waals surface area contributed by atoms with Gasteiger partial charge in [0, 0.05) is 19.3 Å². The van der Waals surface area contributed by atoms with Crippen LogP contribution in [0.2, 0.25) is 0 Å². The van der Waals surface area contributed by atoms with Crippen LogP contribution >= 0.6 is 0 Å². The lowest BCUT2D eigenvalue weighted by Gasteiger charge is -2.21. The summed E-state index contributed by atoms with van der Waals surface area (Å²) in [5.41, 5.74) is 3.25. The van der Waals surface area contributed by atoms with Gasteiger partial charge in [-0.3, -0.25) is 0 Å². The molecule has 0 aliphatic heterocycles. The molecular weight excluding hydrogens is 213 g/mol. The Hall–Kier alpha value is -1.83. The molecule has 2 heteroatoms. The van der Waals surface area contributed by atoms with E-state index in [1.807, 2.05) is 38.2 Å². The molecule has 0 aromatic heterocycles. The Kier molecular flexibility index (Phi) is 3.43. The van der Waals surface area contributed by atoms with Crippen LogP contribution in [0, 0.1) is 12.7 Å². The molecule has 0 heterocycles. The minimum atomic E-state index is -0.189. The van der Waals surface area contributed by atoms with Crippen molar-refractivity contribution in [3.8, 4) is 0 Å². The van der Waals surface area contributed by atoms with E-state index in [0.29, 0.717) is 0 Å². The highest BCUT2D eigenvalue weighted by molar-refractivity contribution is 5.53. The van der Waals surface area contributed by atoms with Crippen LogP contribution in [-0.4, -0.2) is 7.05 Å². The zero-order chi connectivity index (χ0) is 12.3. The van der Waals surface area contributed by atoms with Gasteiger partial charge in [0.1, 0.15) is 5.82 Å². The summed E-state index contributed by atoms with van der Waals surface area (Å²) in [6.07, 6.45) is 0. The Labute approximate surface area is 102 Å². The van der Waals surface area contributed by atoms with Gasteiger partial charge in [0.25, 0.3) is 0 Å². The van der Waals surface area contributed by atoms with E-state index in [1.165, 1.54) is 11.6 Å². The summed E-state index contributed by atoms with van der Waals surface area (Å²) in [6, 6.07) is 15.1. The SMILES string of the molecule is Cc1ccc(F)cc1N(C)Cc1ccccc1. The smallest absolute Gasteiger partial charge is 0.125 e. The van der Waals surface area contributed by atoms with Crippen molar-refractivity contribution in [2.45, 2.75) is 13.5 Å².